The highest BCUT2D eigenvalue weighted by Gasteiger charge is 2.17. The van der Waals surface area contributed by atoms with E-state index in [-0.39, 0.29) is 17.2 Å². The second kappa shape index (κ2) is 6.94. The van der Waals surface area contributed by atoms with E-state index in [0.717, 1.165) is 11.1 Å². The van der Waals surface area contributed by atoms with Gasteiger partial charge in [0.2, 0.25) is 0 Å². The molecular formula is C19H20O3. The smallest absolute Gasteiger partial charge is 0.335 e. The molecule has 2 unspecified atom stereocenters. The van der Waals surface area contributed by atoms with E-state index < -0.39 is 5.97 Å². The second-order valence-electron chi connectivity index (χ2n) is 5.52. The molecule has 0 aromatic heterocycles. The highest BCUT2D eigenvalue weighted by Crippen LogP contribution is 2.26. The molecule has 0 saturated carbocycles. The van der Waals surface area contributed by atoms with Gasteiger partial charge < -0.3 is 10.2 Å². The molecule has 0 radical (unpaired) electrons. The van der Waals surface area contributed by atoms with Crippen LogP contribution in [0.1, 0.15) is 22.8 Å². The molecule has 22 heavy (non-hydrogen) atoms. The molecular weight excluding hydrogens is 276 g/mol. The van der Waals surface area contributed by atoms with Crippen molar-refractivity contribution in [3.05, 3.63) is 83.7 Å². The van der Waals surface area contributed by atoms with Crippen LogP contribution in [0.25, 0.3) is 0 Å². The van der Waals surface area contributed by atoms with Crippen molar-refractivity contribution in [3.8, 4) is 0 Å². The van der Waals surface area contributed by atoms with Gasteiger partial charge in [-0.25, -0.2) is 4.79 Å². The van der Waals surface area contributed by atoms with Crippen LogP contribution in [-0.2, 0) is 6.42 Å². The molecule has 1 aliphatic carbocycles. The molecule has 2 atom stereocenters. The minimum Gasteiger partial charge on any atom is -0.512 e. The van der Waals surface area contributed by atoms with E-state index in [2.05, 4.69) is 25.7 Å². The third kappa shape index (κ3) is 3.98. The van der Waals surface area contributed by atoms with Crippen LogP contribution in [0.3, 0.4) is 0 Å². The Labute approximate surface area is 130 Å². The third-order valence-corrected chi connectivity index (χ3v) is 3.74. The number of aromatic carboxylic acids is 1. The highest BCUT2D eigenvalue weighted by atomic mass is 16.4. The summed E-state index contributed by atoms with van der Waals surface area (Å²) in [7, 11) is 0. The largest absolute Gasteiger partial charge is 0.512 e. The zero-order valence-electron chi connectivity index (χ0n) is 12.6. The summed E-state index contributed by atoms with van der Waals surface area (Å²) in [6.45, 7) is 5.78. The summed E-state index contributed by atoms with van der Waals surface area (Å²) in [6.07, 6.45) is 10.7. The van der Waals surface area contributed by atoms with Crippen molar-refractivity contribution in [1.29, 1.82) is 0 Å². The third-order valence-electron chi connectivity index (χ3n) is 3.74. The molecule has 114 valence electrons. The molecule has 0 heterocycles. The van der Waals surface area contributed by atoms with E-state index in [4.69, 9.17) is 5.11 Å². The second-order valence-corrected chi connectivity index (χ2v) is 5.52. The minimum atomic E-state index is -0.941. The fraction of sp³-hybridized carbons (Fsp3) is 0.211. The lowest BCUT2D eigenvalue weighted by Gasteiger charge is -2.17. The van der Waals surface area contributed by atoms with E-state index in [1.165, 1.54) is 0 Å². The van der Waals surface area contributed by atoms with Gasteiger partial charge in [0, 0.05) is 5.92 Å². The molecule has 3 nitrogen and oxygen atoms in total. The Bertz CT molecular complexity index is 648. The van der Waals surface area contributed by atoms with Gasteiger partial charge in [0.15, 0.2) is 0 Å². The Morgan fingerprint density at radius 2 is 1.91 bits per heavy atom. The molecule has 0 fully saturated rings. The number of aliphatic hydroxyl groups is 1. The minimum absolute atomic E-state index is 0.112. The average molecular weight is 296 g/mol. The summed E-state index contributed by atoms with van der Waals surface area (Å²) >= 11 is 0. The van der Waals surface area contributed by atoms with Crippen LogP contribution < -0.4 is 0 Å². The molecule has 1 aromatic carbocycles. The predicted octanol–water partition coefficient (Wildman–Crippen LogP) is 4.30. The Kier molecular flexibility index (Phi) is 4.99. The lowest BCUT2D eigenvalue weighted by atomic mass is 9.89. The van der Waals surface area contributed by atoms with E-state index in [1.807, 2.05) is 18.2 Å². The molecule has 0 bridgehead atoms. The van der Waals surface area contributed by atoms with Crippen LogP contribution in [-0.4, -0.2) is 16.2 Å². The van der Waals surface area contributed by atoms with Crippen molar-refractivity contribution in [2.45, 2.75) is 13.3 Å². The van der Waals surface area contributed by atoms with Gasteiger partial charge in [-0.15, -0.1) is 0 Å². The van der Waals surface area contributed by atoms with Gasteiger partial charge in [-0.2, -0.15) is 0 Å². The first kappa shape index (κ1) is 15.8. The highest BCUT2D eigenvalue weighted by molar-refractivity contribution is 5.87. The van der Waals surface area contributed by atoms with Gasteiger partial charge in [-0.3, -0.25) is 0 Å². The van der Waals surface area contributed by atoms with Gasteiger partial charge in [-0.05, 0) is 35.6 Å². The maximum absolute atomic E-state index is 10.9. The first-order chi connectivity index (χ1) is 10.5. The van der Waals surface area contributed by atoms with Crippen molar-refractivity contribution in [1.82, 2.24) is 0 Å². The standard InChI is InChI=1S/C19H20O3/c1-13-4-3-5-16(9-6-13)18(14(2)20)12-15-7-10-17(11-8-15)19(21)22/h3-11,13,18,20H,2,12H2,1H3,(H,21,22). The Balaban J connectivity index is 2.21. The van der Waals surface area contributed by atoms with Crippen LogP contribution in [0.4, 0.5) is 0 Å². The molecule has 0 saturated heterocycles. The molecule has 2 N–H and O–H groups in total. The van der Waals surface area contributed by atoms with Crippen LogP contribution >= 0.6 is 0 Å². The maximum atomic E-state index is 10.9. The van der Waals surface area contributed by atoms with Gasteiger partial charge >= 0.3 is 5.97 Å². The van der Waals surface area contributed by atoms with Crippen LogP contribution in [0.15, 0.2) is 72.6 Å². The summed E-state index contributed by atoms with van der Waals surface area (Å²) in [5.41, 5.74) is 2.21. The topological polar surface area (TPSA) is 57.5 Å². The molecule has 1 aliphatic rings. The molecule has 0 amide bonds. The number of hydrogen-bond acceptors (Lipinski definition) is 2. The van der Waals surface area contributed by atoms with Crippen LogP contribution in [0.5, 0.6) is 0 Å². The Hall–Kier alpha value is -2.55. The lowest BCUT2D eigenvalue weighted by Crippen LogP contribution is -2.10. The predicted molar refractivity (Wildman–Crippen MR) is 87.9 cm³/mol. The molecule has 1 aromatic rings. The van der Waals surface area contributed by atoms with Gasteiger partial charge in [-0.1, -0.05) is 56.0 Å². The monoisotopic (exact) mass is 296 g/mol. The van der Waals surface area contributed by atoms with Crippen molar-refractivity contribution in [3.63, 3.8) is 0 Å². The summed E-state index contributed by atoms with van der Waals surface area (Å²) in [5.74, 6) is -0.678. The Morgan fingerprint density at radius 1 is 1.23 bits per heavy atom. The average Bonchev–Trinajstić information content (AvgIpc) is 2.69. The SMILES string of the molecule is C=C(O)C(Cc1ccc(C(=O)O)cc1)C1=CC=CC(C)C=C1. The number of rotatable bonds is 5. The van der Waals surface area contributed by atoms with E-state index >= 15 is 0 Å². The van der Waals surface area contributed by atoms with E-state index in [9.17, 15) is 9.90 Å². The Morgan fingerprint density at radius 3 is 2.50 bits per heavy atom. The van der Waals surface area contributed by atoms with Gasteiger partial charge in [0.1, 0.15) is 0 Å². The molecule has 0 aliphatic heterocycles. The fourth-order valence-corrected chi connectivity index (χ4v) is 2.40. The normalized spacial score (nSPS) is 18.4. The van der Waals surface area contributed by atoms with Crippen molar-refractivity contribution in [2.24, 2.45) is 11.8 Å². The van der Waals surface area contributed by atoms with E-state index in [0.29, 0.717) is 12.3 Å². The number of allylic oxidation sites excluding steroid dienone is 6. The number of carboxylic acid groups (broad SMARTS) is 1. The molecule has 2 rings (SSSR count). The summed E-state index contributed by atoms with van der Waals surface area (Å²) in [4.78, 5) is 10.9. The van der Waals surface area contributed by atoms with Crippen molar-refractivity contribution < 1.29 is 15.0 Å². The molecule has 0 spiro atoms. The quantitative estimate of drug-likeness (QED) is 0.796. The summed E-state index contributed by atoms with van der Waals surface area (Å²) < 4.78 is 0. The van der Waals surface area contributed by atoms with Gasteiger partial charge in [0.25, 0.3) is 0 Å². The zero-order valence-corrected chi connectivity index (χ0v) is 12.6. The summed E-state index contributed by atoms with van der Waals surface area (Å²) in [6, 6.07) is 6.71. The first-order valence-electron chi connectivity index (χ1n) is 7.24. The van der Waals surface area contributed by atoms with Gasteiger partial charge in [0.05, 0.1) is 11.3 Å². The maximum Gasteiger partial charge on any atom is 0.335 e. The number of carboxylic acids is 1. The van der Waals surface area contributed by atoms with Crippen molar-refractivity contribution >= 4 is 5.97 Å². The number of carbonyl (C=O) groups is 1. The van der Waals surface area contributed by atoms with Crippen LogP contribution in [0, 0.1) is 11.8 Å². The fourth-order valence-electron chi connectivity index (χ4n) is 2.40. The number of aliphatic hydroxyl groups excluding tert-OH is 1. The van der Waals surface area contributed by atoms with E-state index in [1.54, 1.807) is 24.3 Å². The lowest BCUT2D eigenvalue weighted by molar-refractivity contribution is 0.0697. The van der Waals surface area contributed by atoms with Crippen LogP contribution in [0.2, 0.25) is 0 Å². The molecule has 3 heteroatoms. The summed E-state index contributed by atoms with van der Waals surface area (Å²) in [5, 5.41) is 18.9. The number of hydrogen-bond donors (Lipinski definition) is 2. The number of benzene rings is 1. The zero-order chi connectivity index (χ0) is 16.1. The van der Waals surface area contributed by atoms with Crippen molar-refractivity contribution in [2.75, 3.05) is 0 Å². The first-order valence-corrected chi connectivity index (χ1v) is 7.24.